The molecule has 0 atom stereocenters. The van der Waals surface area contributed by atoms with E-state index in [0.29, 0.717) is 8.54 Å². The van der Waals surface area contributed by atoms with Gasteiger partial charge in [-0.05, 0) is 49.2 Å². The Morgan fingerprint density at radius 3 is 2.46 bits per heavy atom. The molecule has 0 unspecified atom stereocenters. The molecule has 0 fully saturated rings. The van der Waals surface area contributed by atoms with E-state index in [1.54, 1.807) is 13.0 Å². The van der Waals surface area contributed by atoms with Crippen LogP contribution in [0.5, 0.6) is 0 Å². The van der Waals surface area contributed by atoms with Gasteiger partial charge in [-0.25, -0.2) is 17.8 Å². The predicted molar refractivity (Wildman–Crippen MR) is 85.6 cm³/mol. The van der Waals surface area contributed by atoms with Crippen LogP contribution in [0, 0.1) is 13.8 Å². The van der Waals surface area contributed by atoms with Crippen LogP contribution in [-0.4, -0.2) is 22.9 Å². The van der Waals surface area contributed by atoms with Crippen LogP contribution in [0.1, 0.15) is 21.7 Å². The molecule has 1 aromatic carbocycles. The molecular weight excluding hydrogens is 332 g/mol. The summed E-state index contributed by atoms with van der Waals surface area (Å²) in [5.74, 6) is -0.794. The van der Waals surface area contributed by atoms with Gasteiger partial charge in [-0.3, -0.25) is 4.79 Å². The average molecular weight is 346 g/mol. The molecule has 0 N–H and O–H groups in total. The molecule has 0 aliphatic carbocycles. The van der Waals surface area contributed by atoms with Crippen LogP contribution in [-0.2, 0) is 10.0 Å². The number of imidazole rings is 1. The Hall–Kier alpha value is -2.87. The zero-order valence-corrected chi connectivity index (χ0v) is 13.8. The van der Waals surface area contributed by atoms with Crippen molar-refractivity contribution in [1.29, 1.82) is 0 Å². The summed E-state index contributed by atoms with van der Waals surface area (Å²) in [5, 5.41) is 0. The highest BCUT2D eigenvalue weighted by Crippen LogP contribution is 2.16. The first-order valence-corrected chi connectivity index (χ1v) is 8.47. The van der Waals surface area contributed by atoms with Crippen molar-refractivity contribution >= 4 is 15.9 Å². The minimum Gasteiger partial charge on any atom is -0.459 e. The fourth-order valence-electron chi connectivity index (χ4n) is 2.21. The van der Waals surface area contributed by atoms with Crippen molar-refractivity contribution in [2.45, 2.75) is 18.7 Å². The van der Waals surface area contributed by atoms with Gasteiger partial charge in [0.05, 0.1) is 11.2 Å². The van der Waals surface area contributed by atoms with Crippen molar-refractivity contribution in [1.82, 2.24) is 8.54 Å². The van der Waals surface area contributed by atoms with Crippen molar-refractivity contribution in [2.75, 3.05) is 0 Å². The van der Waals surface area contributed by atoms with Crippen LogP contribution in [0.25, 0.3) is 0 Å². The van der Waals surface area contributed by atoms with Crippen molar-refractivity contribution in [3.63, 3.8) is 0 Å². The van der Waals surface area contributed by atoms with Crippen LogP contribution in [0.4, 0.5) is 0 Å². The number of rotatable bonds is 3. The van der Waals surface area contributed by atoms with Gasteiger partial charge in [0.25, 0.3) is 10.0 Å². The van der Waals surface area contributed by atoms with Gasteiger partial charge in [-0.1, -0.05) is 6.07 Å². The van der Waals surface area contributed by atoms with Crippen molar-refractivity contribution in [2.24, 2.45) is 0 Å². The summed E-state index contributed by atoms with van der Waals surface area (Å²) in [7, 11) is -4.09. The van der Waals surface area contributed by atoms with E-state index in [-0.39, 0.29) is 10.7 Å². The number of aryl methyl sites for hydroxylation is 2. The lowest BCUT2D eigenvalue weighted by Crippen LogP contribution is -2.32. The minimum absolute atomic E-state index is 0.0177. The van der Waals surface area contributed by atoms with Gasteiger partial charge < -0.3 is 4.42 Å². The average Bonchev–Trinajstić information content (AvgIpc) is 3.19. The maximum absolute atomic E-state index is 12.7. The van der Waals surface area contributed by atoms with E-state index in [1.165, 1.54) is 30.5 Å². The quantitative estimate of drug-likeness (QED) is 0.721. The molecule has 124 valence electrons. The van der Waals surface area contributed by atoms with E-state index in [2.05, 4.69) is 0 Å². The van der Waals surface area contributed by atoms with Gasteiger partial charge >= 0.3 is 11.6 Å². The van der Waals surface area contributed by atoms with E-state index in [0.717, 1.165) is 23.5 Å². The Kier molecular flexibility index (Phi) is 3.76. The second-order valence-corrected chi connectivity index (χ2v) is 7.10. The molecule has 3 aromatic rings. The topological polar surface area (TPSA) is 91.3 Å². The van der Waals surface area contributed by atoms with E-state index in [9.17, 15) is 18.0 Å². The molecule has 0 bridgehead atoms. The van der Waals surface area contributed by atoms with Crippen LogP contribution < -0.4 is 5.69 Å². The molecule has 7 nitrogen and oxygen atoms in total. The summed E-state index contributed by atoms with van der Waals surface area (Å²) in [6.45, 7) is 3.64. The molecule has 0 saturated carbocycles. The third-order valence-electron chi connectivity index (χ3n) is 3.73. The van der Waals surface area contributed by atoms with Crippen molar-refractivity contribution in [3.05, 3.63) is 76.4 Å². The zero-order chi connectivity index (χ0) is 17.5. The van der Waals surface area contributed by atoms with Gasteiger partial charge in [0.1, 0.15) is 0 Å². The van der Waals surface area contributed by atoms with E-state index in [1.807, 2.05) is 6.92 Å². The van der Waals surface area contributed by atoms with Crippen LogP contribution in [0.3, 0.4) is 0 Å². The monoisotopic (exact) mass is 346 g/mol. The number of hydrogen-bond donors (Lipinski definition) is 0. The lowest BCUT2D eigenvalue weighted by Gasteiger charge is -2.07. The largest absolute Gasteiger partial charge is 0.459 e. The highest BCUT2D eigenvalue weighted by molar-refractivity contribution is 7.90. The molecule has 8 heteroatoms. The standard InChI is InChI=1S/C16H14N2O5S/c1-11-5-6-13(10-12(11)2)24(21,22)18-8-7-17(16(18)20)15(19)14-4-3-9-23-14/h3-10H,1-2H3. The van der Waals surface area contributed by atoms with E-state index >= 15 is 0 Å². The Morgan fingerprint density at radius 1 is 1.08 bits per heavy atom. The Balaban J connectivity index is 2.09. The maximum atomic E-state index is 12.7. The van der Waals surface area contributed by atoms with Gasteiger partial charge in [-0.15, -0.1) is 0 Å². The molecule has 2 heterocycles. The molecule has 0 radical (unpaired) electrons. The van der Waals surface area contributed by atoms with Crippen molar-refractivity contribution in [3.8, 4) is 0 Å². The smallest absolute Gasteiger partial charge is 0.349 e. The predicted octanol–water partition coefficient (Wildman–Crippen LogP) is 1.79. The normalized spacial score (nSPS) is 11.6. The molecule has 24 heavy (non-hydrogen) atoms. The number of carbonyl (C=O) groups is 1. The summed E-state index contributed by atoms with van der Waals surface area (Å²) in [4.78, 5) is 24.5. The molecule has 0 aliphatic heterocycles. The second kappa shape index (κ2) is 5.64. The molecule has 0 amide bonds. The van der Waals surface area contributed by atoms with Gasteiger partial charge in [-0.2, -0.15) is 3.97 Å². The zero-order valence-electron chi connectivity index (χ0n) is 13.0. The molecule has 3 rings (SSSR count). The number of aromatic nitrogens is 2. The first-order valence-electron chi connectivity index (χ1n) is 7.03. The molecule has 0 aliphatic rings. The summed E-state index contributed by atoms with van der Waals surface area (Å²) in [6.07, 6.45) is 3.45. The lowest BCUT2D eigenvalue weighted by molar-refractivity contribution is 0.0928. The Morgan fingerprint density at radius 2 is 1.83 bits per heavy atom. The molecule has 0 spiro atoms. The number of carbonyl (C=O) groups excluding carboxylic acids is 1. The SMILES string of the molecule is Cc1ccc(S(=O)(=O)n2ccn(C(=O)c3ccco3)c2=O)cc1C. The molecular formula is C16H14N2O5S. The van der Waals surface area contributed by atoms with E-state index < -0.39 is 21.6 Å². The molecule has 2 aromatic heterocycles. The summed E-state index contributed by atoms with van der Waals surface area (Å²) in [5.41, 5.74) is 0.747. The summed E-state index contributed by atoms with van der Waals surface area (Å²) in [6, 6.07) is 7.47. The van der Waals surface area contributed by atoms with Crippen LogP contribution >= 0.6 is 0 Å². The van der Waals surface area contributed by atoms with Crippen LogP contribution in [0.2, 0.25) is 0 Å². The summed E-state index contributed by atoms with van der Waals surface area (Å²) < 4.78 is 31.5. The lowest BCUT2D eigenvalue weighted by atomic mass is 10.1. The van der Waals surface area contributed by atoms with Crippen LogP contribution in [0.15, 0.2) is 63.1 Å². The van der Waals surface area contributed by atoms with E-state index in [4.69, 9.17) is 4.42 Å². The Labute approximate surface area is 137 Å². The van der Waals surface area contributed by atoms with Gasteiger partial charge in [0, 0.05) is 12.4 Å². The first kappa shape index (κ1) is 16.0. The minimum atomic E-state index is -4.09. The number of nitrogens with zero attached hydrogens (tertiary/aromatic N) is 2. The highest BCUT2D eigenvalue weighted by Gasteiger charge is 2.24. The fourth-order valence-corrected chi connectivity index (χ4v) is 3.51. The second-order valence-electron chi connectivity index (χ2n) is 5.28. The van der Waals surface area contributed by atoms with Gasteiger partial charge in [0.2, 0.25) is 0 Å². The third-order valence-corrected chi connectivity index (χ3v) is 5.38. The number of hydrogen-bond acceptors (Lipinski definition) is 5. The third kappa shape index (κ3) is 2.50. The Bertz CT molecular complexity index is 1070. The first-order chi connectivity index (χ1) is 11.3. The highest BCUT2D eigenvalue weighted by atomic mass is 32.2. The maximum Gasteiger partial charge on any atom is 0.349 e. The fraction of sp³-hybridized carbons (Fsp3) is 0.125. The van der Waals surface area contributed by atoms with Gasteiger partial charge in [0.15, 0.2) is 5.76 Å². The number of benzene rings is 1. The number of furan rings is 1. The molecule has 0 saturated heterocycles. The summed E-state index contributed by atoms with van der Waals surface area (Å²) >= 11 is 0. The van der Waals surface area contributed by atoms with Crippen molar-refractivity contribution < 1.29 is 17.6 Å².